The van der Waals surface area contributed by atoms with Crippen LogP contribution < -0.4 is 0 Å². The summed E-state index contributed by atoms with van der Waals surface area (Å²) in [7, 11) is 0. The summed E-state index contributed by atoms with van der Waals surface area (Å²) < 4.78 is 40.3. The third kappa shape index (κ3) is 2.43. The lowest BCUT2D eigenvalue weighted by atomic mass is 10.1. The number of nitrogens with zero attached hydrogens (tertiary/aromatic N) is 4. The van der Waals surface area contributed by atoms with E-state index in [9.17, 15) is 13.2 Å². The Bertz CT molecular complexity index is 829. The fraction of sp³-hybridized carbons (Fsp3) is 0.0833. The van der Waals surface area contributed by atoms with Crippen LogP contribution in [0.25, 0.3) is 16.7 Å². The van der Waals surface area contributed by atoms with Crippen molar-refractivity contribution in [1.82, 2.24) is 19.7 Å². The second-order valence-electron chi connectivity index (χ2n) is 4.09. The van der Waals surface area contributed by atoms with Crippen LogP contribution in [0, 0.1) is 0 Å². The van der Waals surface area contributed by atoms with Crippen LogP contribution in [0.1, 0.15) is 5.56 Å². The molecule has 21 heavy (non-hydrogen) atoms. The summed E-state index contributed by atoms with van der Waals surface area (Å²) in [5.41, 5.74) is -0.886. The van der Waals surface area contributed by atoms with Crippen molar-refractivity contribution in [2.45, 2.75) is 6.18 Å². The molecule has 2 heterocycles. The van der Waals surface area contributed by atoms with Crippen molar-refractivity contribution in [3.63, 3.8) is 0 Å². The van der Waals surface area contributed by atoms with Gasteiger partial charge in [-0.2, -0.15) is 23.3 Å². The molecule has 2 aromatic heterocycles. The average molecular weight is 333 g/mol. The second-order valence-corrected chi connectivity index (χ2v) is 4.79. The van der Waals surface area contributed by atoms with Crippen molar-refractivity contribution in [1.29, 1.82) is 0 Å². The number of alkyl halides is 3. The highest BCUT2D eigenvalue weighted by Gasteiger charge is 2.34. The number of halogens is 5. The number of hydrogen-bond donors (Lipinski definition) is 0. The fourth-order valence-corrected chi connectivity index (χ4v) is 2.34. The van der Waals surface area contributed by atoms with Crippen molar-refractivity contribution >= 4 is 34.2 Å². The van der Waals surface area contributed by atoms with Gasteiger partial charge in [0.15, 0.2) is 5.65 Å². The quantitative estimate of drug-likeness (QED) is 0.497. The van der Waals surface area contributed by atoms with Gasteiger partial charge in [-0.25, -0.2) is 9.67 Å². The van der Waals surface area contributed by atoms with Gasteiger partial charge in [-0.1, -0.05) is 23.7 Å². The summed E-state index contributed by atoms with van der Waals surface area (Å²) in [6.07, 6.45) is -3.23. The Morgan fingerprint density at radius 1 is 1.05 bits per heavy atom. The first kappa shape index (κ1) is 14.1. The van der Waals surface area contributed by atoms with Crippen molar-refractivity contribution in [2.75, 3.05) is 0 Å². The van der Waals surface area contributed by atoms with Gasteiger partial charge in [0, 0.05) is 0 Å². The van der Waals surface area contributed by atoms with E-state index in [4.69, 9.17) is 23.2 Å². The Morgan fingerprint density at radius 3 is 2.48 bits per heavy atom. The molecule has 1 aromatic carbocycles. The van der Waals surface area contributed by atoms with Crippen LogP contribution in [0.15, 0.2) is 30.5 Å². The van der Waals surface area contributed by atoms with Gasteiger partial charge in [-0.15, -0.1) is 0 Å². The first-order valence-electron chi connectivity index (χ1n) is 5.61. The standard InChI is InChI=1S/C12H5Cl2F3N4/c13-9-6-5-18-21(10(6)20-11(14)19-9)8-4-2-1-3-7(8)12(15,16)17/h1-5H. The number of benzene rings is 1. The normalized spacial score (nSPS) is 12.0. The number of fused-ring (bicyclic) bond motifs is 1. The first-order valence-corrected chi connectivity index (χ1v) is 6.37. The van der Waals surface area contributed by atoms with Crippen LogP contribution in [0.3, 0.4) is 0 Å². The summed E-state index contributed by atoms with van der Waals surface area (Å²) in [6.45, 7) is 0. The summed E-state index contributed by atoms with van der Waals surface area (Å²) in [5.74, 6) is 0. The molecule has 0 amide bonds. The highest BCUT2D eigenvalue weighted by molar-refractivity contribution is 6.35. The maximum atomic E-state index is 13.1. The number of para-hydroxylation sites is 1. The van der Waals surface area contributed by atoms with Gasteiger partial charge in [0.25, 0.3) is 0 Å². The molecule has 108 valence electrons. The highest BCUT2D eigenvalue weighted by atomic mass is 35.5. The molecule has 0 aliphatic carbocycles. The molecule has 9 heteroatoms. The van der Waals surface area contributed by atoms with Crippen molar-refractivity contribution in [3.05, 3.63) is 46.5 Å². The summed E-state index contributed by atoms with van der Waals surface area (Å²) in [4.78, 5) is 7.62. The van der Waals surface area contributed by atoms with Crippen LogP contribution in [-0.2, 0) is 6.18 Å². The van der Waals surface area contributed by atoms with E-state index in [0.717, 1.165) is 10.7 Å². The molecule has 3 aromatic rings. The molecule has 0 radical (unpaired) electrons. The minimum atomic E-state index is -4.52. The Morgan fingerprint density at radius 2 is 1.76 bits per heavy atom. The predicted molar refractivity (Wildman–Crippen MR) is 71.7 cm³/mol. The van der Waals surface area contributed by atoms with E-state index in [1.165, 1.54) is 24.4 Å². The lowest BCUT2D eigenvalue weighted by Crippen LogP contribution is -2.11. The fourth-order valence-electron chi connectivity index (χ4n) is 1.92. The third-order valence-corrected chi connectivity index (χ3v) is 3.25. The van der Waals surface area contributed by atoms with Crippen LogP contribution in [0.2, 0.25) is 10.4 Å². The molecule has 0 N–H and O–H groups in total. The summed E-state index contributed by atoms with van der Waals surface area (Å²) in [6, 6.07) is 5.03. The number of aromatic nitrogens is 4. The lowest BCUT2D eigenvalue weighted by molar-refractivity contribution is -0.137. The molecule has 0 bridgehead atoms. The minimum absolute atomic E-state index is 0.0285. The molecule has 0 saturated carbocycles. The Kier molecular flexibility index (Phi) is 3.26. The second kappa shape index (κ2) is 4.85. The first-order chi connectivity index (χ1) is 9.88. The molecular formula is C12H5Cl2F3N4. The molecule has 0 atom stereocenters. The van der Waals surface area contributed by atoms with Gasteiger partial charge < -0.3 is 0 Å². The van der Waals surface area contributed by atoms with E-state index in [2.05, 4.69) is 15.1 Å². The minimum Gasteiger partial charge on any atom is -0.214 e. The van der Waals surface area contributed by atoms with Crippen LogP contribution in [0.5, 0.6) is 0 Å². The zero-order valence-electron chi connectivity index (χ0n) is 10.1. The Balaban J connectivity index is 2.32. The number of rotatable bonds is 1. The lowest BCUT2D eigenvalue weighted by Gasteiger charge is -2.12. The maximum Gasteiger partial charge on any atom is 0.418 e. The van der Waals surface area contributed by atoms with E-state index < -0.39 is 11.7 Å². The van der Waals surface area contributed by atoms with Gasteiger partial charge in [-0.05, 0) is 23.7 Å². The van der Waals surface area contributed by atoms with Gasteiger partial charge in [0.2, 0.25) is 5.28 Å². The van der Waals surface area contributed by atoms with E-state index in [0.29, 0.717) is 5.39 Å². The zero-order valence-corrected chi connectivity index (χ0v) is 11.6. The SMILES string of the molecule is FC(F)(F)c1ccccc1-n1ncc2c(Cl)nc(Cl)nc21. The zero-order chi connectivity index (χ0) is 15.2. The van der Waals surface area contributed by atoms with Crippen LogP contribution >= 0.6 is 23.2 Å². The van der Waals surface area contributed by atoms with Crippen molar-refractivity contribution < 1.29 is 13.2 Å². The molecule has 0 saturated heterocycles. The molecule has 0 aliphatic rings. The molecule has 0 fully saturated rings. The van der Waals surface area contributed by atoms with Crippen LogP contribution in [0.4, 0.5) is 13.2 Å². The van der Waals surface area contributed by atoms with Crippen molar-refractivity contribution in [3.8, 4) is 5.69 Å². The smallest absolute Gasteiger partial charge is 0.214 e. The molecule has 3 rings (SSSR count). The predicted octanol–water partition coefficient (Wildman–Crippen LogP) is 4.14. The van der Waals surface area contributed by atoms with Crippen LogP contribution in [-0.4, -0.2) is 19.7 Å². The molecule has 4 nitrogen and oxygen atoms in total. The van der Waals surface area contributed by atoms with E-state index in [1.807, 2.05) is 0 Å². The van der Waals surface area contributed by atoms with Gasteiger partial charge in [0.05, 0.1) is 22.8 Å². The van der Waals surface area contributed by atoms with Gasteiger partial charge in [0.1, 0.15) is 5.15 Å². The largest absolute Gasteiger partial charge is 0.418 e. The van der Waals surface area contributed by atoms with E-state index in [-0.39, 0.29) is 21.8 Å². The third-order valence-electron chi connectivity index (χ3n) is 2.79. The number of hydrogen-bond acceptors (Lipinski definition) is 3. The Hall–Kier alpha value is -1.86. The van der Waals surface area contributed by atoms with Gasteiger partial charge in [-0.3, -0.25) is 0 Å². The van der Waals surface area contributed by atoms with E-state index in [1.54, 1.807) is 0 Å². The van der Waals surface area contributed by atoms with Crippen molar-refractivity contribution in [2.24, 2.45) is 0 Å². The average Bonchev–Trinajstić information content (AvgIpc) is 2.81. The topological polar surface area (TPSA) is 43.6 Å². The maximum absolute atomic E-state index is 13.1. The molecule has 0 aliphatic heterocycles. The summed E-state index contributed by atoms with van der Waals surface area (Å²) in [5, 5.41) is 4.09. The summed E-state index contributed by atoms with van der Waals surface area (Å²) >= 11 is 11.6. The molecule has 0 spiro atoms. The van der Waals surface area contributed by atoms with Gasteiger partial charge >= 0.3 is 6.18 Å². The highest BCUT2D eigenvalue weighted by Crippen LogP contribution is 2.34. The molecule has 0 unspecified atom stereocenters. The monoisotopic (exact) mass is 332 g/mol. The van der Waals surface area contributed by atoms with E-state index >= 15 is 0 Å². The Labute approximate surface area is 126 Å². The molecular weight excluding hydrogens is 328 g/mol.